The highest BCUT2D eigenvalue weighted by Crippen LogP contribution is 2.21. The quantitative estimate of drug-likeness (QED) is 0.376. The Balaban J connectivity index is 1.49. The molecule has 2 aromatic rings. The molecule has 0 aliphatic carbocycles. The van der Waals surface area contributed by atoms with Crippen molar-refractivity contribution in [1.29, 1.82) is 0 Å². The van der Waals surface area contributed by atoms with Crippen molar-refractivity contribution in [3.63, 3.8) is 0 Å². The standard InChI is InChI=1S/C21H27N3O3/c22-19-8-7-16(13-20(19)23)21(25)15-4-3-6-17(12-15)26-10-2-1-5-18-14-24-9-11-27-18/h3-4,6-8,12-13,18,24H,1-2,5,9-11,14,22-23H2. The largest absolute Gasteiger partial charge is 0.494 e. The molecule has 0 aromatic heterocycles. The first-order chi connectivity index (χ1) is 13.1. The van der Waals surface area contributed by atoms with Gasteiger partial charge in [0.15, 0.2) is 5.78 Å². The van der Waals surface area contributed by atoms with E-state index >= 15 is 0 Å². The number of carbonyl (C=O) groups is 1. The third kappa shape index (κ3) is 5.45. The molecular formula is C21H27N3O3. The summed E-state index contributed by atoms with van der Waals surface area (Å²) >= 11 is 0. The maximum atomic E-state index is 12.6. The fraction of sp³-hybridized carbons (Fsp3) is 0.381. The summed E-state index contributed by atoms with van der Waals surface area (Å²) < 4.78 is 11.5. The Morgan fingerprint density at radius 1 is 1.11 bits per heavy atom. The van der Waals surface area contributed by atoms with Crippen LogP contribution in [0.1, 0.15) is 35.2 Å². The molecule has 144 valence electrons. The maximum absolute atomic E-state index is 12.6. The van der Waals surface area contributed by atoms with Gasteiger partial charge in [0.1, 0.15) is 5.75 Å². The molecule has 1 aliphatic rings. The minimum absolute atomic E-state index is 0.103. The van der Waals surface area contributed by atoms with E-state index < -0.39 is 0 Å². The Labute approximate surface area is 159 Å². The van der Waals surface area contributed by atoms with E-state index in [-0.39, 0.29) is 5.78 Å². The van der Waals surface area contributed by atoms with Gasteiger partial charge in [0.25, 0.3) is 0 Å². The second kappa shape index (κ2) is 9.39. The van der Waals surface area contributed by atoms with Crippen molar-refractivity contribution in [2.75, 3.05) is 37.8 Å². The van der Waals surface area contributed by atoms with Gasteiger partial charge in [-0.2, -0.15) is 0 Å². The SMILES string of the molecule is Nc1ccc(C(=O)c2cccc(OCCCCC3CNCCO3)c2)cc1N. The molecule has 6 heteroatoms. The lowest BCUT2D eigenvalue weighted by molar-refractivity contribution is 0.0216. The number of nitrogens with one attached hydrogen (secondary N) is 1. The molecule has 1 fully saturated rings. The van der Waals surface area contributed by atoms with E-state index in [4.69, 9.17) is 20.9 Å². The van der Waals surface area contributed by atoms with E-state index in [1.807, 2.05) is 12.1 Å². The highest BCUT2D eigenvalue weighted by atomic mass is 16.5. The second-order valence-electron chi connectivity index (χ2n) is 6.74. The molecule has 6 nitrogen and oxygen atoms in total. The Morgan fingerprint density at radius 3 is 2.74 bits per heavy atom. The van der Waals surface area contributed by atoms with Crippen molar-refractivity contribution in [2.24, 2.45) is 0 Å². The van der Waals surface area contributed by atoms with Crippen LogP contribution in [0.5, 0.6) is 5.75 Å². The first kappa shape index (κ1) is 19.2. The highest BCUT2D eigenvalue weighted by Gasteiger charge is 2.13. The first-order valence-corrected chi connectivity index (χ1v) is 9.38. The van der Waals surface area contributed by atoms with Crippen LogP contribution in [0.2, 0.25) is 0 Å². The van der Waals surface area contributed by atoms with E-state index in [1.54, 1.807) is 30.3 Å². The third-order valence-corrected chi connectivity index (χ3v) is 4.64. The smallest absolute Gasteiger partial charge is 0.193 e. The third-order valence-electron chi connectivity index (χ3n) is 4.64. The van der Waals surface area contributed by atoms with Crippen LogP contribution >= 0.6 is 0 Å². The number of nitrogens with two attached hydrogens (primary N) is 2. The molecule has 0 radical (unpaired) electrons. The van der Waals surface area contributed by atoms with Crippen LogP contribution in [0.3, 0.4) is 0 Å². The number of hydrogen-bond donors (Lipinski definition) is 3. The number of hydrogen-bond acceptors (Lipinski definition) is 6. The summed E-state index contributed by atoms with van der Waals surface area (Å²) in [5.74, 6) is 0.592. The summed E-state index contributed by atoms with van der Waals surface area (Å²) in [4.78, 5) is 12.6. The monoisotopic (exact) mass is 369 g/mol. The van der Waals surface area contributed by atoms with Crippen LogP contribution in [0, 0.1) is 0 Å². The first-order valence-electron chi connectivity index (χ1n) is 9.38. The van der Waals surface area contributed by atoms with Crippen molar-refractivity contribution in [2.45, 2.75) is 25.4 Å². The minimum atomic E-state index is -0.103. The number of nitrogen functional groups attached to an aromatic ring is 2. The zero-order valence-corrected chi connectivity index (χ0v) is 15.4. The number of unbranched alkanes of at least 4 members (excludes halogenated alkanes) is 1. The van der Waals surface area contributed by atoms with Gasteiger partial charge in [-0.25, -0.2) is 0 Å². The summed E-state index contributed by atoms with van der Waals surface area (Å²) in [5, 5.41) is 3.34. The number of ketones is 1. The molecule has 0 saturated carbocycles. The molecule has 2 aromatic carbocycles. The average molecular weight is 369 g/mol. The van der Waals surface area contributed by atoms with Gasteiger partial charge < -0.3 is 26.3 Å². The predicted molar refractivity (Wildman–Crippen MR) is 107 cm³/mol. The van der Waals surface area contributed by atoms with Gasteiger partial charge in [0.2, 0.25) is 0 Å². The topological polar surface area (TPSA) is 99.6 Å². The highest BCUT2D eigenvalue weighted by molar-refractivity contribution is 6.10. The molecule has 0 bridgehead atoms. The molecule has 27 heavy (non-hydrogen) atoms. The van der Waals surface area contributed by atoms with Gasteiger partial charge in [0.05, 0.1) is 30.7 Å². The van der Waals surface area contributed by atoms with Gasteiger partial charge in [-0.05, 0) is 49.6 Å². The van der Waals surface area contributed by atoms with E-state index in [1.165, 1.54) is 0 Å². The van der Waals surface area contributed by atoms with Gasteiger partial charge in [-0.1, -0.05) is 12.1 Å². The maximum Gasteiger partial charge on any atom is 0.193 e. The average Bonchev–Trinajstić information content (AvgIpc) is 2.70. The predicted octanol–water partition coefficient (Wildman–Crippen LogP) is 2.62. The zero-order valence-electron chi connectivity index (χ0n) is 15.4. The Kier molecular flexibility index (Phi) is 6.68. The number of anilines is 2. The lowest BCUT2D eigenvalue weighted by atomic mass is 10.0. The van der Waals surface area contributed by atoms with Crippen LogP contribution in [-0.4, -0.2) is 38.2 Å². The molecule has 5 N–H and O–H groups in total. The van der Waals surface area contributed by atoms with Gasteiger partial charge >= 0.3 is 0 Å². The Morgan fingerprint density at radius 2 is 1.96 bits per heavy atom. The molecule has 1 aliphatic heterocycles. The fourth-order valence-electron chi connectivity index (χ4n) is 3.08. The van der Waals surface area contributed by atoms with E-state index in [2.05, 4.69) is 5.32 Å². The van der Waals surface area contributed by atoms with Crippen LogP contribution in [-0.2, 0) is 4.74 Å². The zero-order chi connectivity index (χ0) is 19.1. The van der Waals surface area contributed by atoms with Crippen LogP contribution < -0.4 is 21.5 Å². The minimum Gasteiger partial charge on any atom is -0.494 e. The summed E-state index contributed by atoms with van der Waals surface area (Å²) in [6.45, 7) is 3.28. The Bertz CT molecular complexity index is 773. The molecular weight excluding hydrogens is 342 g/mol. The number of rotatable bonds is 8. The van der Waals surface area contributed by atoms with Gasteiger partial charge in [-0.15, -0.1) is 0 Å². The number of carbonyl (C=O) groups excluding carboxylic acids is 1. The molecule has 0 spiro atoms. The van der Waals surface area contributed by atoms with Gasteiger partial charge in [0, 0.05) is 24.2 Å². The van der Waals surface area contributed by atoms with Crippen LogP contribution in [0.4, 0.5) is 11.4 Å². The molecule has 0 amide bonds. The fourth-order valence-corrected chi connectivity index (χ4v) is 3.08. The number of benzene rings is 2. The number of ether oxygens (including phenoxy) is 2. The molecule has 1 saturated heterocycles. The summed E-state index contributed by atoms with van der Waals surface area (Å²) in [6.07, 6.45) is 3.35. The van der Waals surface area contributed by atoms with E-state index in [0.29, 0.717) is 41.0 Å². The number of morpholine rings is 1. The van der Waals surface area contributed by atoms with Crippen molar-refractivity contribution in [3.8, 4) is 5.75 Å². The molecule has 1 unspecified atom stereocenters. The van der Waals surface area contributed by atoms with E-state index in [0.717, 1.165) is 39.0 Å². The normalized spacial score (nSPS) is 16.8. The molecule has 1 heterocycles. The Hall–Kier alpha value is -2.57. The van der Waals surface area contributed by atoms with Crippen LogP contribution in [0.15, 0.2) is 42.5 Å². The van der Waals surface area contributed by atoms with E-state index in [9.17, 15) is 4.79 Å². The van der Waals surface area contributed by atoms with Crippen LogP contribution in [0.25, 0.3) is 0 Å². The van der Waals surface area contributed by atoms with Gasteiger partial charge in [-0.3, -0.25) is 4.79 Å². The second-order valence-corrected chi connectivity index (χ2v) is 6.74. The molecule has 3 rings (SSSR count). The van der Waals surface area contributed by atoms with Crippen molar-refractivity contribution >= 4 is 17.2 Å². The lowest BCUT2D eigenvalue weighted by Crippen LogP contribution is -2.38. The summed E-state index contributed by atoms with van der Waals surface area (Å²) in [6, 6.07) is 12.2. The summed E-state index contributed by atoms with van der Waals surface area (Å²) in [7, 11) is 0. The molecule has 1 atom stereocenters. The van der Waals surface area contributed by atoms with Crippen molar-refractivity contribution in [1.82, 2.24) is 5.32 Å². The van der Waals surface area contributed by atoms with Crippen molar-refractivity contribution in [3.05, 3.63) is 53.6 Å². The summed E-state index contributed by atoms with van der Waals surface area (Å²) in [5.41, 5.74) is 13.5. The van der Waals surface area contributed by atoms with Crippen molar-refractivity contribution < 1.29 is 14.3 Å². The lowest BCUT2D eigenvalue weighted by Gasteiger charge is -2.23.